The molecule has 2 heterocycles. The molecule has 0 unspecified atom stereocenters. The van der Waals surface area contributed by atoms with Crippen LogP contribution in [0.1, 0.15) is 18.2 Å². The van der Waals surface area contributed by atoms with E-state index in [1.165, 1.54) is 0 Å². The zero-order valence-electron chi connectivity index (χ0n) is 10.6. The van der Waals surface area contributed by atoms with Gasteiger partial charge >= 0.3 is 6.01 Å². The van der Waals surface area contributed by atoms with Crippen LogP contribution in [0.15, 0.2) is 30.7 Å². The number of hydrogen-bond donors (Lipinski definition) is 1. The fourth-order valence-corrected chi connectivity index (χ4v) is 1.47. The van der Waals surface area contributed by atoms with E-state index in [0.717, 1.165) is 24.3 Å². The highest BCUT2D eigenvalue weighted by molar-refractivity contribution is 5.22. The van der Waals surface area contributed by atoms with Gasteiger partial charge in [-0.15, -0.1) is 0 Å². The van der Waals surface area contributed by atoms with Crippen molar-refractivity contribution < 1.29 is 4.74 Å². The number of aryl methyl sites for hydroxylation is 1. The van der Waals surface area contributed by atoms with E-state index in [0.29, 0.717) is 11.8 Å². The van der Waals surface area contributed by atoms with Gasteiger partial charge in [0.2, 0.25) is 0 Å². The van der Waals surface area contributed by atoms with Gasteiger partial charge in [-0.05, 0) is 25.6 Å². The van der Waals surface area contributed by atoms with Crippen LogP contribution in [0.3, 0.4) is 0 Å². The Labute approximate surface area is 106 Å². The number of ether oxygens (including phenoxy) is 1. The van der Waals surface area contributed by atoms with Crippen molar-refractivity contribution >= 4 is 0 Å². The molecule has 2 aromatic rings. The highest BCUT2D eigenvalue weighted by Gasteiger charge is 2.04. The van der Waals surface area contributed by atoms with Crippen LogP contribution in [0.25, 0.3) is 0 Å². The number of hydrogen-bond acceptors (Lipinski definition) is 5. The minimum atomic E-state index is 0.348. The second-order valence-electron chi connectivity index (χ2n) is 3.83. The van der Waals surface area contributed by atoms with Gasteiger partial charge in [-0.1, -0.05) is 6.92 Å². The van der Waals surface area contributed by atoms with Crippen molar-refractivity contribution in [3.8, 4) is 11.8 Å². The summed E-state index contributed by atoms with van der Waals surface area (Å²) in [6.07, 6.45) is 5.11. The topological polar surface area (TPSA) is 59.9 Å². The SMILES string of the molecule is CCNCc1cnc(Oc2cccnc2)nc1C. The molecule has 0 bridgehead atoms. The number of nitrogens with zero attached hydrogens (tertiary/aromatic N) is 3. The quantitative estimate of drug-likeness (QED) is 0.872. The maximum atomic E-state index is 5.51. The first kappa shape index (κ1) is 12.4. The van der Waals surface area contributed by atoms with E-state index in [2.05, 4.69) is 27.2 Å². The lowest BCUT2D eigenvalue weighted by atomic mass is 10.2. The zero-order valence-corrected chi connectivity index (χ0v) is 10.6. The van der Waals surface area contributed by atoms with E-state index in [1.54, 1.807) is 18.6 Å². The molecule has 0 fully saturated rings. The average Bonchev–Trinajstić information content (AvgIpc) is 2.39. The van der Waals surface area contributed by atoms with Crippen molar-refractivity contribution in [1.82, 2.24) is 20.3 Å². The van der Waals surface area contributed by atoms with E-state index >= 15 is 0 Å². The van der Waals surface area contributed by atoms with E-state index in [9.17, 15) is 0 Å². The lowest BCUT2D eigenvalue weighted by Gasteiger charge is -2.07. The van der Waals surface area contributed by atoms with Crippen molar-refractivity contribution in [3.05, 3.63) is 42.0 Å². The highest BCUT2D eigenvalue weighted by Crippen LogP contribution is 2.16. The van der Waals surface area contributed by atoms with Crippen LogP contribution in [0.5, 0.6) is 11.8 Å². The lowest BCUT2D eigenvalue weighted by molar-refractivity contribution is 0.437. The number of pyridine rings is 1. The molecular formula is C13H16N4O. The second kappa shape index (κ2) is 6.07. The zero-order chi connectivity index (χ0) is 12.8. The highest BCUT2D eigenvalue weighted by atomic mass is 16.5. The molecule has 5 nitrogen and oxygen atoms in total. The van der Waals surface area contributed by atoms with Crippen molar-refractivity contribution in [2.45, 2.75) is 20.4 Å². The third-order valence-corrected chi connectivity index (χ3v) is 2.47. The van der Waals surface area contributed by atoms with E-state index in [1.807, 2.05) is 19.1 Å². The van der Waals surface area contributed by atoms with Crippen molar-refractivity contribution in [2.75, 3.05) is 6.54 Å². The van der Waals surface area contributed by atoms with Gasteiger partial charge in [0.25, 0.3) is 0 Å². The molecule has 0 aliphatic carbocycles. The lowest BCUT2D eigenvalue weighted by Crippen LogP contribution is -2.13. The van der Waals surface area contributed by atoms with Crippen LogP contribution < -0.4 is 10.1 Å². The Bertz CT molecular complexity index is 502. The molecule has 18 heavy (non-hydrogen) atoms. The molecule has 0 radical (unpaired) electrons. The molecule has 0 saturated heterocycles. The van der Waals surface area contributed by atoms with Crippen LogP contribution in [0.2, 0.25) is 0 Å². The van der Waals surface area contributed by atoms with Crippen LogP contribution in [0, 0.1) is 6.92 Å². The molecule has 2 aromatic heterocycles. The molecule has 0 aliphatic rings. The van der Waals surface area contributed by atoms with Crippen LogP contribution in [0.4, 0.5) is 0 Å². The second-order valence-corrected chi connectivity index (χ2v) is 3.83. The fraction of sp³-hybridized carbons (Fsp3) is 0.308. The molecule has 0 amide bonds. The Kier molecular flexibility index (Phi) is 4.20. The van der Waals surface area contributed by atoms with E-state index in [-0.39, 0.29) is 0 Å². The summed E-state index contributed by atoms with van der Waals surface area (Å²) in [5, 5.41) is 3.24. The first-order chi connectivity index (χ1) is 8.79. The molecule has 5 heteroatoms. The van der Waals surface area contributed by atoms with Crippen molar-refractivity contribution in [3.63, 3.8) is 0 Å². The van der Waals surface area contributed by atoms with Gasteiger partial charge in [-0.2, -0.15) is 4.98 Å². The largest absolute Gasteiger partial charge is 0.423 e. The Hall–Kier alpha value is -2.01. The molecule has 0 aliphatic heterocycles. The summed E-state index contributed by atoms with van der Waals surface area (Å²) in [6, 6.07) is 3.97. The van der Waals surface area contributed by atoms with Crippen LogP contribution >= 0.6 is 0 Å². The van der Waals surface area contributed by atoms with Crippen molar-refractivity contribution in [2.24, 2.45) is 0 Å². The third-order valence-electron chi connectivity index (χ3n) is 2.47. The minimum absolute atomic E-state index is 0.348. The standard InChI is InChI=1S/C13H16N4O/c1-3-14-7-11-8-16-13(17-10(11)2)18-12-5-4-6-15-9-12/h4-6,8-9,14H,3,7H2,1-2H3. The van der Waals surface area contributed by atoms with Gasteiger partial charge in [0.05, 0.1) is 6.20 Å². The predicted molar refractivity (Wildman–Crippen MR) is 68.5 cm³/mol. The summed E-state index contributed by atoms with van der Waals surface area (Å²) in [5.74, 6) is 0.635. The monoisotopic (exact) mass is 244 g/mol. The maximum absolute atomic E-state index is 5.51. The minimum Gasteiger partial charge on any atom is -0.423 e. The molecule has 0 saturated carbocycles. The maximum Gasteiger partial charge on any atom is 0.322 e. The third kappa shape index (κ3) is 3.24. The summed E-state index contributed by atoms with van der Waals surface area (Å²) in [5.41, 5.74) is 2.00. The average molecular weight is 244 g/mol. The van der Waals surface area contributed by atoms with Gasteiger partial charge in [-0.25, -0.2) is 4.98 Å². The number of nitrogens with one attached hydrogen (secondary N) is 1. The number of aromatic nitrogens is 3. The van der Waals surface area contributed by atoms with Gasteiger partial charge in [0.1, 0.15) is 5.75 Å². The molecule has 0 atom stereocenters. The van der Waals surface area contributed by atoms with Gasteiger partial charge in [-0.3, -0.25) is 4.98 Å². The van der Waals surface area contributed by atoms with Crippen LogP contribution in [-0.2, 0) is 6.54 Å². The van der Waals surface area contributed by atoms with Crippen molar-refractivity contribution in [1.29, 1.82) is 0 Å². The fourth-order valence-electron chi connectivity index (χ4n) is 1.47. The molecule has 94 valence electrons. The normalized spacial score (nSPS) is 10.3. The molecule has 1 N–H and O–H groups in total. The first-order valence-corrected chi connectivity index (χ1v) is 5.90. The van der Waals surface area contributed by atoms with Gasteiger partial charge in [0, 0.05) is 30.2 Å². The number of rotatable bonds is 5. The van der Waals surface area contributed by atoms with Gasteiger partial charge in [0.15, 0.2) is 0 Å². The summed E-state index contributed by atoms with van der Waals surface area (Å²) < 4.78 is 5.51. The molecule has 0 aromatic carbocycles. The summed E-state index contributed by atoms with van der Waals surface area (Å²) >= 11 is 0. The summed E-state index contributed by atoms with van der Waals surface area (Å²) in [4.78, 5) is 12.5. The molecule has 0 spiro atoms. The van der Waals surface area contributed by atoms with Gasteiger partial charge < -0.3 is 10.1 Å². The molecular weight excluding hydrogens is 228 g/mol. The Morgan fingerprint density at radius 1 is 1.33 bits per heavy atom. The first-order valence-electron chi connectivity index (χ1n) is 5.90. The van der Waals surface area contributed by atoms with Crippen LogP contribution in [-0.4, -0.2) is 21.5 Å². The Morgan fingerprint density at radius 3 is 2.89 bits per heavy atom. The van der Waals surface area contributed by atoms with E-state index in [4.69, 9.17) is 4.74 Å². The predicted octanol–water partition coefficient (Wildman–Crippen LogP) is 2.08. The Balaban J connectivity index is 2.09. The molecule has 2 rings (SSSR count). The summed E-state index contributed by atoms with van der Waals surface area (Å²) in [6.45, 7) is 5.71. The Morgan fingerprint density at radius 2 is 2.22 bits per heavy atom. The smallest absolute Gasteiger partial charge is 0.322 e. The summed E-state index contributed by atoms with van der Waals surface area (Å²) in [7, 11) is 0. The van der Waals surface area contributed by atoms with E-state index < -0.39 is 0 Å².